The van der Waals surface area contributed by atoms with Crippen molar-refractivity contribution in [2.45, 2.75) is 38.3 Å². The molecule has 4 nitrogen and oxygen atoms in total. The van der Waals surface area contributed by atoms with E-state index in [-0.39, 0.29) is 5.82 Å². The number of halogens is 1. The van der Waals surface area contributed by atoms with E-state index in [4.69, 9.17) is 4.42 Å². The summed E-state index contributed by atoms with van der Waals surface area (Å²) in [5, 5.41) is 3.64. The van der Waals surface area contributed by atoms with Crippen molar-refractivity contribution in [3.63, 3.8) is 0 Å². The van der Waals surface area contributed by atoms with Crippen molar-refractivity contribution in [1.29, 1.82) is 0 Å². The monoisotopic (exact) mass is 329 g/mol. The Morgan fingerprint density at radius 1 is 1.17 bits per heavy atom. The maximum Gasteiger partial charge on any atom is 0.226 e. The molecular formula is C19H24FN3O. The van der Waals surface area contributed by atoms with Crippen molar-refractivity contribution in [3.8, 4) is 11.5 Å². The Kier molecular flexibility index (Phi) is 4.63. The lowest BCUT2D eigenvalue weighted by molar-refractivity contribution is 0.156. The number of piperidine rings is 1. The van der Waals surface area contributed by atoms with Gasteiger partial charge in [0.2, 0.25) is 5.89 Å². The van der Waals surface area contributed by atoms with Crippen LogP contribution in [0.4, 0.5) is 4.39 Å². The average molecular weight is 329 g/mol. The van der Waals surface area contributed by atoms with Crippen LogP contribution in [-0.2, 0) is 6.54 Å². The highest BCUT2D eigenvalue weighted by Crippen LogP contribution is 2.27. The summed E-state index contributed by atoms with van der Waals surface area (Å²) in [4.78, 5) is 7.01. The lowest BCUT2D eigenvalue weighted by atomic mass is 9.88. The minimum Gasteiger partial charge on any atom is -0.444 e. The molecule has 24 heavy (non-hydrogen) atoms. The van der Waals surface area contributed by atoms with Gasteiger partial charge in [-0.15, -0.1) is 0 Å². The van der Waals surface area contributed by atoms with E-state index in [0.717, 1.165) is 42.9 Å². The summed E-state index contributed by atoms with van der Waals surface area (Å²) in [5.41, 5.74) is 1.76. The molecule has 1 atom stereocenters. The zero-order valence-electron chi connectivity index (χ0n) is 13.9. The van der Waals surface area contributed by atoms with E-state index in [1.54, 1.807) is 18.4 Å². The van der Waals surface area contributed by atoms with E-state index in [2.05, 4.69) is 15.2 Å². The standard InChI is InChI=1S/C19H24FN3O/c20-16-5-3-15(4-6-16)19-22-17(13-24-19)12-23-10-7-14(8-11-23)18-2-1-9-21-18/h3-6,13-14,18,21H,1-2,7-12H2. The van der Waals surface area contributed by atoms with Crippen LogP contribution < -0.4 is 5.32 Å². The van der Waals surface area contributed by atoms with Gasteiger partial charge in [-0.05, 0) is 75.5 Å². The molecular weight excluding hydrogens is 305 g/mol. The molecule has 2 fully saturated rings. The molecule has 0 spiro atoms. The number of hydrogen-bond donors (Lipinski definition) is 1. The maximum absolute atomic E-state index is 13.0. The summed E-state index contributed by atoms with van der Waals surface area (Å²) >= 11 is 0. The first-order chi connectivity index (χ1) is 11.8. The number of benzene rings is 1. The molecule has 2 aliphatic heterocycles. The van der Waals surface area contributed by atoms with Crippen molar-refractivity contribution in [1.82, 2.24) is 15.2 Å². The first-order valence-electron chi connectivity index (χ1n) is 8.94. The molecule has 1 N–H and O–H groups in total. The Morgan fingerprint density at radius 2 is 1.96 bits per heavy atom. The Hall–Kier alpha value is -1.72. The van der Waals surface area contributed by atoms with Crippen LogP contribution in [0.15, 0.2) is 34.9 Å². The molecule has 128 valence electrons. The predicted molar refractivity (Wildman–Crippen MR) is 90.9 cm³/mol. The summed E-state index contributed by atoms with van der Waals surface area (Å²) < 4.78 is 18.6. The third-order valence-corrected chi connectivity index (χ3v) is 5.33. The van der Waals surface area contributed by atoms with Crippen molar-refractivity contribution in [2.24, 2.45) is 5.92 Å². The van der Waals surface area contributed by atoms with Crippen LogP contribution in [0, 0.1) is 11.7 Å². The van der Waals surface area contributed by atoms with E-state index in [0.29, 0.717) is 5.89 Å². The first kappa shape index (κ1) is 15.8. The largest absolute Gasteiger partial charge is 0.444 e. The summed E-state index contributed by atoms with van der Waals surface area (Å²) in [5.74, 6) is 1.15. The molecule has 2 saturated heterocycles. The number of likely N-dealkylation sites (tertiary alicyclic amines) is 1. The fourth-order valence-corrected chi connectivity index (χ4v) is 3.96. The van der Waals surface area contributed by atoms with Crippen LogP contribution in [0.2, 0.25) is 0 Å². The number of nitrogens with one attached hydrogen (secondary N) is 1. The van der Waals surface area contributed by atoms with Crippen LogP contribution in [0.1, 0.15) is 31.4 Å². The summed E-state index contributed by atoms with van der Waals surface area (Å²) in [6, 6.07) is 7.00. The van der Waals surface area contributed by atoms with Crippen molar-refractivity contribution in [2.75, 3.05) is 19.6 Å². The third kappa shape index (κ3) is 3.52. The lowest BCUT2D eigenvalue weighted by Gasteiger charge is -2.34. The first-order valence-corrected chi connectivity index (χ1v) is 8.94. The molecule has 2 aromatic rings. The zero-order chi connectivity index (χ0) is 16.4. The van der Waals surface area contributed by atoms with Gasteiger partial charge in [0.1, 0.15) is 12.1 Å². The van der Waals surface area contributed by atoms with Gasteiger partial charge in [-0.1, -0.05) is 0 Å². The fraction of sp³-hybridized carbons (Fsp3) is 0.526. The van der Waals surface area contributed by atoms with E-state index >= 15 is 0 Å². The second-order valence-electron chi connectivity index (χ2n) is 6.97. The number of hydrogen-bond acceptors (Lipinski definition) is 4. The molecule has 2 aliphatic rings. The second kappa shape index (κ2) is 7.03. The van der Waals surface area contributed by atoms with Gasteiger partial charge in [0.05, 0.1) is 5.69 Å². The van der Waals surface area contributed by atoms with Gasteiger partial charge in [-0.25, -0.2) is 9.37 Å². The highest BCUT2D eigenvalue weighted by atomic mass is 19.1. The van der Waals surface area contributed by atoms with Crippen molar-refractivity contribution >= 4 is 0 Å². The van der Waals surface area contributed by atoms with Crippen molar-refractivity contribution < 1.29 is 8.81 Å². The Morgan fingerprint density at radius 3 is 2.67 bits per heavy atom. The van der Waals surface area contributed by atoms with Crippen LogP contribution in [0.25, 0.3) is 11.5 Å². The van der Waals surface area contributed by atoms with Gasteiger partial charge in [-0.3, -0.25) is 4.90 Å². The minimum atomic E-state index is -0.245. The molecule has 1 unspecified atom stereocenters. The molecule has 0 aliphatic carbocycles. The number of nitrogens with zero attached hydrogens (tertiary/aromatic N) is 2. The third-order valence-electron chi connectivity index (χ3n) is 5.33. The number of oxazole rings is 1. The molecule has 0 bridgehead atoms. The second-order valence-corrected chi connectivity index (χ2v) is 6.97. The summed E-state index contributed by atoms with van der Waals surface area (Å²) in [7, 11) is 0. The van der Waals surface area contributed by atoms with Gasteiger partial charge >= 0.3 is 0 Å². The highest BCUT2D eigenvalue weighted by molar-refractivity contribution is 5.52. The topological polar surface area (TPSA) is 41.3 Å². The van der Waals surface area contributed by atoms with Crippen LogP contribution in [0.5, 0.6) is 0 Å². The van der Waals surface area contributed by atoms with E-state index < -0.39 is 0 Å². The predicted octanol–water partition coefficient (Wildman–Crippen LogP) is 3.44. The molecule has 1 aromatic carbocycles. The maximum atomic E-state index is 13.0. The minimum absolute atomic E-state index is 0.245. The van der Waals surface area contributed by atoms with E-state index in [1.165, 1.54) is 44.4 Å². The van der Waals surface area contributed by atoms with E-state index in [9.17, 15) is 4.39 Å². The molecule has 4 rings (SSSR count). The Labute approximate surface area is 142 Å². The van der Waals surface area contributed by atoms with Crippen LogP contribution in [-0.4, -0.2) is 35.6 Å². The number of rotatable bonds is 4. The normalized spacial score (nSPS) is 23.0. The van der Waals surface area contributed by atoms with Crippen LogP contribution >= 0.6 is 0 Å². The van der Waals surface area contributed by atoms with Crippen LogP contribution in [0.3, 0.4) is 0 Å². The summed E-state index contributed by atoms with van der Waals surface area (Å²) in [6.45, 7) is 4.27. The van der Waals surface area contributed by atoms with Gasteiger partial charge < -0.3 is 9.73 Å². The SMILES string of the molecule is Fc1ccc(-c2nc(CN3CCC(C4CCCN4)CC3)co2)cc1. The van der Waals surface area contributed by atoms with Gasteiger partial charge in [0.15, 0.2) is 0 Å². The zero-order valence-corrected chi connectivity index (χ0v) is 13.9. The Bertz CT molecular complexity index is 656. The highest BCUT2D eigenvalue weighted by Gasteiger charge is 2.28. The fourth-order valence-electron chi connectivity index (χ4n) is 3.96. The van der Waals surface area contributed by atoms with Gasteiger partial charge in [0.25, 0.3) is 0 Å². The molecule has 0 amide bonds. The number of aromatic nitrogens is 1. The lowest BCUT2D eigenvalue weighted by Crippen LogP contribution is -2.40. The molecule has 1 aromatic heterocycles. The summed E-state index contributed by atoms with van der Waals surface area (Å²) in [6.07, 6.45) is 6.93. The Balaban J connectivity index is 1.32. The smallest absolute Gasteiger partial charge is 0.226 e. The quantitative estimate of drug-likeness (QED) is 0.933. The van der Waals surface area contributed by atoms with E-state index in [1.807, 2.05) is 0 Å². The molecule has 5 heteroatoms. The average Bonchev–Trinajstić information content (AvgIpc) is 3.28. The van der Waals surface area contributed by atoms with Gasteiger partial charge in [-0.2, -0.15) is 0 Å². The molecule has 0 radical (unpaired) electrons. The molecule has 0 saturated carbocycles. The van der Waals surface area contributed by atoms with Crippen molar-refractivity contribution in [3.05, 3.63) is 42.0 Å². The van der Waals surface area contributed by atoms with Gasteiger partial charge in [0, 0.05) is 18.2 Å². The molecule has 3 heterocycles.